The molecule has 0 saturated carbocycles. The molecule has 0 aliphatic heterocycles. The number of aromatic hydroxyl groups is 1. The van der Waals surface area contributed by atoms with Crippen LogP contribution in [0.2, 0.25) is 0 Å². The normalized spacial score (nSPS) is 14.2. The van der Waals surface area contributed by atoms with Gasteiger partial charge in [0.15, 0.2) is 0 Å². The molecule has 2 aromatic carbocycles. The smallest absolute Gasteiger partial charge is 0.115 e. The molecule has 2 N–H and O–H groups in total. The van der Waals surface area contributed by atoms with Gasteiger partial charge in [0, 0.05) is 10.9 Å². The summed E-state index contributed by atoms with van der Waals surface area (Å²) in [7, 11) is 0. The monoisotopic (exact) mass is 306 g/mol. The molecule has 94 valence electrons. The molecule has 0 fully saturated rings. The Morgan fingerprint density at radius 2 is 1.56 bits per heavy atom. The van der Waals surface area contributed by atoms with Gasteiger partial charge in [-0.1, -0.05) is 40.2 Å². The topological polar surface area (TPSA) is 40.5 Å². The summed E-state index contributed by atoms with van der Waals surface area (Å²) in [6.45, 7) is 1.79. The highest BCUT2D eigenvalue weighted by atomic mass is 79.9. The number of rotatable bonds is 3. The lowest BCUT2D eigenvalue weighted by molar-refractivity contribution is 0.0576. The third-order valence-corrected chi connectivity index (χ3v) is 3.48. The van der Waals surface area contributed by atoms with E-state index in [1.807, 2.05) is 36.4 Å². The Balaban J connectivity index is 2.20. The molecule has 0 spiro atoms. The molecule has 0 saturated heterocycles. The first kappa shape index (κ1) is 13.1. The van der Waals surface area contributed by atoms with Crippen LogP contribution in [0, 0.1) is 0 Å². The number of benzene rings is 2. The summed E-state index contributed by atoms with van der Waals surface area (Å²) in [6, 6.07) is 14.6. The molecule has 2 nitrogen and oxygen atoms in total. The van der Waals surface area contributed by atoms with E-state index >= 15 is 0 Å². The van der Waals surface area contributed by atoms with Crippen LogP contribution in [0.4, 0.5) is 0 Å². The standard InChI is InChI=1S/C15H15BrO2/c1-15(18,12-4-6-13(16)7-5-12)10-11-2-8-14(17)9-3-11/h2-9,17-18H,10H2,1H3. The van der Waals surface area contributed by atoms with E-state index in [2.05, 4.69) is 15.9 Å². The van der Waals surface area contributed by atoms with Gasteiger partial charge < -0.3 is 10.2 Å². The lowest BCUT2D eigenvalue weighted by Gasteiger charge is -2.24. The van der Waals surface area contributed by atoms with Crippen LogP contribution in [0.5, 0.6) is 5.75 Å². The molecule has 1 unspecified atom stereocenters. The largest absolute Gasteiger partial charge is 0.508 e. The molecule has 18 heavy (non-hydrogen) atoms. The van der Waals surface area contributed by atoms with Gasteiger partial charge in [-0.25, -0.2) is 0 Å². The van der Waals surface area contributed by atoms with Crippen LogP contribution < -0.4 is 0 Å². The fraction of sp³-hybridized carbons (Fsp3) is 0.200. The first-order valence-corrected chi connectivity index (χ1v) is 6.53. The van der Waals surface area contributed by atoms with Crippen molar-refractivity contribution in [3.8, 4) is 5.75 Å². The molecule has 2 aromatic rings. The van der Waals surface area contributed by atoms with Crippen molar-refractivity contribution in [2.75, 3.05) is 0 Å². The molecule has 0 bridgehead atoms. The summed E-state index contributed by atoms with van der Waals surface area (Å²) in [4.78, 5) is 0. The van der Waals surface area contributed by atoms with Crippen molar-refractivity contribution in [2.24, 2.45) is 0 Å². The van der Waals surface area contributed by atoms with Crippen molar-refractivity contribution in [3.63, 3.8) is 0 Å². The molecule has 0 heterocycles. The van der Waals surface area contributed by atoms with Crippen molar-refractivity contribution in [3.05, 3.63) is 64.1 Å². The molecular weight excluding hydrogens is 292 g/mol. The van der Waals surface area contributed by atoms with Crippen LogP contribution in [0.3, 0.4) is 0 Å². The Labute approximate surface area is 115 Å². The van der Waals surface area contributed by atoms with Gasteiger partial charge >= 0.3 is 0 Å². The zero-order chi connectivity index (χ0) is 13.2. The van der Waals surface area contributed by atoms with Crippen molar-refractivity contribution >= 4 is 15.9 Å². The predicted octanol–water partition coefficient (Wildman–Crippen LogP) is 3.60. The molecule has 0 amide bonds. The van der Waals surface area contributed by atoms with E-state index in [0.717, 1.165) is 15.6 Å². The fourth-order valence-electron chi connectivity index (χ4n) is 1.92. The Bertz CT molecular complexity index is 515. The van der Waals surface area contributed by atoms with Crippen LogP contribution in [-0.4, -0.2) is 10.2 Å². The highest BCUT2D eigenvalue weighted by Crippen LogP contribution is 2.27. The molecule has 0 aliphatic carbocycles. The van der Waals surface area contributed by atoms with E-state index in [1.54, 1.807) is 19.1 Å². The van der Waals surface area contributed by atoms with Crippen LogP contribution in [-0.2, 0) is 12.0 Å². The maximum atomic E-state index is 10.5. The van der Waals surface area contributed by atoms with E-state index in [9.17, 15) is 10.2 Å². The van der Waals surface area contributed by atoms with E-state index in [4.69, 9.17) is 0 Å². The van der Waals surface area contributed by atoms with Crippen molar-refractivity contribution in [2.45, 2.75) is 18.9 Å². The maximum absolute atomic E-state index is 10.5. The molecule has 1 atom stereocenters. The van der Waals surface area contributed by atoms with Gasteiger partial charge in [0.05, 0.1) is 5.60 Å². The molecule has 0 aliphatic rings. The summed E-state index contributed by atoms with van der Waals surface area (Å²) >= 11 is 3.38. The Kier molecular flexibility index (Phi) is 3.73. The minimum absolute atomic E-state index is 0.238. The summed E-state index contributed by atoms with van der Waals surface area (Å²) in [5, 5.41) is 19.8. The second-order valence-electron chi connectivity index (χ2n) is 4.62. The number of phenolic OH excluding ortho intramolecular Hbond substituents is 1. The molecule has 2 rings (SSSR count). The first-order valence-electron chi connectivity index (χ1n) is 5.74. The van der Waals surface area contributed by atoms with Gasteiger partial charge in [-0.15, -0.1) is 0 Å². The lowest BCUT2D eigenvalue weighted by Crippen LogP contribution is -2.24. The van der Waals surface area contributed by atoms with E-state index in [1.165, 1.54) is 0 Å². The SMILES string of the molecule is CC(O)(Cc1ccc(O)cc1)c1ccc(Br)cc1. The summed E-state index contributed by atoms with van der Waals surface area (Å²) < 4.78 is 0.992. The highest BCUT2D eigenvalue weighted by Gasteiger charge is 2.23. The first-order chi connectivity index (χ1) is 8.47. The number of hydrogen-bond acceptors (Lipinski definition) is 2. The van der Waals surface area contributed by atoms with Gasteiger partial charge in [-0.3, -0.25) is 0 Å². The van der Waals surface area contributed by atoms with E-state index in [0.29, 0.717) is 6.42 Å². The lowest BCUT2D eigenvalue weighted by atomic mass is 9.89. The number of phenols is 1. The van der Waals surface area contributed by atoms with Crippen LogP contribution in [0.15, 0.2) is 53.0 Å². The molecule has 0 radical (unpaired) electrons. The van der Waals surface area contributed by atoms with Crippen LogP contribution >= 0.6 is 15.9 Å². The minimum atomic E-state index is -0.919. The van der Waals surface area contributed by atoms with Crippen molar-refractivity contribution in [1.29, 1.82) is 0 Å². The zero-order valence-electron chi connectivity index (χ0n) is 10.1. The number of aliphatic hydroxyl groups is 1. The number of halogens is 1. The molecule has 0 aromatic heterocycles. The molecule has 3 heteroatoms. The number of hydrogen-bond donors (Lipinski definition) is 2. The third-order valence-electron chi connectivity index (χ3n) is 2.95. The van der Waals surface area contributed by atoms with Crippen molar-refractivity contribution < 1.29 is 10.2 Å². The quantitative estimate of drug-likeness (QED) is 0.909. The van der Waals surface area contributed by atoms with Crippen LogP contribution in [0.25, 0.3) is 0 Å². The summed E-state index contributed by atoms with van der Waals surface area (Å²) in [5.41, 5.74) is 0.942. The maximum Gasteiger partial charge on any atom is 0.115 e. The highest BCUT2D eigenvalue weighted by molar-refractivity contribution is 9.10. The van der Waals surface area contributed by atoms with E-state index < -0.39 is 5.60 Å². The van der Waals surface area contributed by atoms with Crippen LogP contribution in [0.1, 0.15) is 18.1 Å². The summed E-state index contributed by atoms with van der Waals surface area (Å²) in [5.74, 6) is 0.238. The Morgan fingerprint density at radius 1 is 1.00 bits per heavy atom. The van der Waals surface area contributed by atoms with Gasteiger partial charge in [0.1, 0.15) is 5.75 Å². The second kappa shape index (κ2) is 5.12. The summed E-state index contributed by atoms with van der Waals surface area (Å²) in [6.07, 6.45) is 0.509. The average Bonchev–Trinajstić information content (AvgIpc) is 2.32. The predicted molar refractivity (Wildman–Crippen MR) is 75.5 cm³/mol. The molecular formula is C15H15BrO2. The minimum Gasteiger partial charge on any atom is -0.508 e. The average molecular weight is 307 g/mol. The third kappa shape index (κ3) is 3.12. The van der Waals surface area contributed by atoms with Gasteiger partial charge in [0.2, 0.25) is 0 Å². The Hall–Kier alpha value is -1.32. The fourth-order valence-corrected chi connectivity index (χ4v) is 2.19. The Morgan fingerprint density at radius 3 is 2.11 bits per heavy atom. The van der Waals surface area contributed by atoms with Gasteiger partial charge in [0.25, 0.3) is 0 Å². The van der Waals surface area contributed by atoms with Crippen molar-refractivity contribution in [1.82, 2.24) is 0 Å². The van der Waals surface area contributed by atoms with Gasteiger partial charge in [-0.2, -0.15) is 0 Å². The van der Waals surface area contributed by atoms with Gasteiger partial charge in [-0.05, 0) is 42.3 Å². The zero-order valence-corrected chi connectivity index (χ0v) is 11.7. The second-order valence-corrected chi connectivity index (χ2v) is 5.54. The van der Waals surface area contributed by atoms with E-state index in [-0.39, 0.29) is 5.75 Å².